The molecule has 0 spiro atoms. The van der Waals surface area contributed by atoms with E-state index in [1.54, 1.807) is 18.2 Å². The van der Waals surface area contributed by atoms with E-state index < -0.39 is 12.2 Å². The smallest absolute Gasteiger partial charge is 0.208 e. The summed E-state index contributed by atoms with van der Waals surface area (Å²) in [5, 5.41) is 0. The SMILES string of the molecule is COc1ccc(C2Oc3c(cc(OC)c(OC)c3OC)C(=O)C2OC)c(OC)c1OC. The molecule has 9 nitrogen and oxygen atoms in total. The first-order chi connectivity index (χ1) is 15.0. The van der Waals surface area contributed by atoms with E-state index in [1.807, 2.05) is 0 Å². The van der Waals surface area contributed by atoms with Crippen molar-refractivity contribution in [3.63, 3.8) is 0 Å². The summed E-state index contributed by atoms with van der Waals surface area (Å²) in [7, 11) is 10.4. The van der Waals surface area contributed by atoms with Crippen molar-refractivity contribution in [3.05, 3.63) is 29.3 Å². The Morgan fingerprint density at radius 3 is 1.81 bits per heavy atom. The van der Waals surface area contributed by atoms with Gasteiger partial charge in [-0.25, -0.2) is 0 Å². The van der Waals surface area contributed by atoms with E-state index >= 15 is 0 Å². The minimum Gasteiger partial charge on any atom is -0.493 e. The third kappa shape index (κ3) is 3.54. The number of rotatable bonds is 8. The lowest BCUT2D eigenvalue weighted by Crippen LogP contribution is -2.38. The Morgan fingerprint density at radius 2 is 1.29 bits per heavy atom. The third-order valence-electron chi connectivity index (χ3n) is 5.12. The first-order valence-electron chi connectivity index (χ1n) is 9.36. The van der Waals surface area contributed by atoms with Crippen LogP contribution in [0.3, 0.4) is 0 Å². The lowest BCUT2D eigenvalue weighted by atomic mass is 9.91. The quantitative estimate of drug-likeness (QED) is 0.622. The molecule has 2 atom stereocenters. The van der Waals surface area contributed by atoms with E-state index in [2.05, 4.69) is 0 Å². The van der Waals surface area contributed by atoms with Crippen LogP contribution < -0.4 is 33.2 Å². The molecule has 1 heterocycles. The second-order valence-electron chi connectivity index (χ2n) is 6.50. The highest BCUT2D eigenvalue weighted by Gasteiger charge is 2.43. The minimum atomic E-state index is -0.956. The molecule has 9 heteroatoms. The van der Waals surface area contributed by atoms with Gasteiger partial charge in [0, 0.05) is 12.7 Å². The first-order valence-corrected chi connectivity index (χ1v) is 9.36. The summed E-state index contributed by atoms with van der Waals surface area (Å²) in [6, 6.07) is 4.99. The summed E-state index contributed by atoms with van der Waals surface area (Å²) in [6.07, 6.45) is -1.81. The summed E-state index contributed by atoms with van der Waals surface area (Å²) >= 11 is 0. The van der Waals surface area contributed by atoms with Crippen LogP contribution in [0.5, 0.6) is 40.2 Å². The van der Waals surface area contributed by atoms with Crippen LogP contribution in [-0.4, -0.2) is 61.7 Å². The van der Waals surface area contributed by atoms with Gasteiger partial charge >= 0.3 is 0 Å². The molecule has 3 rings (SSSR count). The van der Waals surface area contributed by atoms with Crippen molar-refractivity contribution in [2.24, 2.45) is 0 Å². The average molecular weight is 434 g/mol. The standard InChI is InChI=1S/C22H26O9/c1-24-13-9-8-11(16(26-3)19(13)27-4)17-21(29-6)15(23)12-10-14(25-2)20(28-5)22(30-7)18(12)31-17/h8-10,17,21H,1-7H3. The number of ketones is 1. The molecule has 2 unspecified atom stereocenters. The van der Waals surface area contributed by atoms with Crippen LogP contribution in [0.1, 0.15) is 22.0 Å². The number of benzene rings is 2. The van der Waals surface area contributed by atoms with E-state index in [4.69, 9.17) is 37.9 Å². The number of Topliss-reactive ketones (excluding diaryl/α,β-unsaturated/α-hetero) is 1. The summed E-state index contributed by atoms with van der Waals surface area (Å²) in [6.45, 7) is 0. The molecule has 2 aromatic carbocycles. The Balaban J connectivity index is 2.24. The van der Waals surface area contributed by atoms with Gasteiger partial charge in [0.1, 0.15) is 0 Å². The van der Waals surface area contributed by atoms with Crippen LogP contribution >= 0.6 is 0 Å². The third-order valence-corrected chi connectivity index (χ3v) is 5.12. The number of hydrogen-bond acceptors (Lipinski definition) is 9. The number of fused-ring (bicyclic) bond motifs is 1. The van der Waals surface area contributed by atoms with Crippen molar-refractivity contribution in [1.82, 2.24) is 0 Å². The van der Waals surface area contributed by atoms with E-state index in [0.717, 1.165) is 0 Å². The molecule has 0 bridgehead atoms. The molecule has 0 N–H and O–H groups in total. The minimum absolute atomic E-state index is 0.222. The lowest BCUT2D eigenvalue weighted by molar-refractivity contribution is -0.00269. The Hall–Kier alpha value is -3.33. The van der Waals surface area contributed by atoms with E-state index in [-0.39, 0.29) is 22.8 Å². The van der Waals surface area contributed by atoms with Crippen molar-refractivity contribution in [2.45, 2.75) is 12.2 Å². The van der Waals surface area contributed by atoms with Gasteiger partial charge in [-0.15, -0.1) is 0 Å². The van der Waals surface area contributed by atoms with Crippen LogP contribution in [0.2, 0.25) is 0 Å². The van der Waals surface area contributed by atoms with Gasteiger partial charge < -0.3 is 37.9 Å². The maximum Gasteiger partial charge on any atom is 0.208 e. The molecule has 0 radical (unpaired) electrons. The van der Waals surface area contributed by atoms with Crippen molar-refractivity contribution in [2.75, 3.05) is 49.8 Å². The molecule has 1 aliphatic heterocycles. The maximum atomic E-state index is 13.4. The Bertz CT molecular complexity index is 970. The molecule has 0 aromatic heterocycles. The second kappa shape index (κ2) is 9.22. The van der Waals surface area contributed by atoms with E-state index in [9.17, 15) is 4.79 Å². The van der Waals surface area contributed by atoms with Crippen LogP contribution in [0, 0.1) is 0 Å². The largest absolute Gasteiger partial charge is 0.493 e. The van der Waals surface area contributed by atoms with Crippen LogP contribution in [0.15, 0.2) is 18.2 Å². The monoisotopic (exact) mass is 434 g/mol. The molecular formula is C22H26O9. The first kappa shape index (κ1) is 22.4. The zero-order chi connectivity index (χ0) is 22.7. The summed E-state index contributed by atoms with van der Waals surface area (Å²) in [4.78, 5) is 13.4. The summed E-state index contributed by atoms with van der Waals surface area (Å²) in [5.41, 5.74) is 0.805. The Labute approximate surface area is 180 Å². The number of carbonyl (C=O) groups excluding carboxylic acids is 1. The normalized spacial score (nSPS) is 17.3. The fourth-order valence-electron chi connectivity index (χ4n) is 3.72. The maximum absolute atomic E-state index is 13.4. The molecule has 31 heavy (non-hydrogen) atoms. The van der Waals surface area contributed by atoms with Gasteiger partial charge in [-0.3, -0.25) is 4.79 Å². The molecule has 0 fully saturated rings. The van der Waals surface area contributed by atoms with Crippen molar-refractivity contribution in [3.8, 4) is 40.2 Å². The Morgan fingerprint density at radius 1 is 0.710 bits per heavy atom. The van der Waals surface area contributed by atoms with Gasteiger partial charge in [0.25, 0.3) is 0 Å². The molecule has 0 saturated carbocycles. The topological polar surface area (TPSA) is 90.9 Å². The number of hydrogen-bond donors (Lipinski definition) is 0. The fraction of sp³-hybridized carbons (Fsp3) is 0.409. The highest BCUT2D eigenvalue weighted by atomic mass is 16.6. The van der Waals surface area contributed by atoms with Crippen LogP contribution in [0.4, 0.5) is 0 Å². The average Bonchev–Trinajstić information content (AvgIpc) is 2.81. The number of ether oxygens (including phenoxy) is 8. The highest BCUT2D eigenvalue weighted by molar-refractivity contribution is 6.05. The fourth-order valence-corrected chi connectivity index (χ4v) is 3.72. The Kier molecular flexibility index (Phi) is 6.65. The predicted octanol–water partition coefficient (Wildman–Crippen LogP) is 3.07. The zero-order valence-corrected chi connectivity index (χ0v) is 18.6. The molecule has 0 saturated heterocycles. The highest BCUT2D eigenvalue weighted by Crippen LogP contribution is 2.53. The molecular weight excluding hydrogens is 408 g/mol. The van der Waals surface area contributed by atoms with Gasteiger partial charge in [0.2, 0.25) is 17.2 Å². The van der Waals surface area contributed by atoms with Crippen LogP contribution in [-0.2, 0) is 4.74 Å². The lowest BCUT2D eigenvalue weighted by Gasteiger charge is -2.34. The van der Waals surface area contributed by atoms with Gasteiger partial charge in [0.15, 0.2) is 41.0 Å². The van der Waals surface area contributed by atoms with Crippen molar-refractivity contribution < 1.29 is 42.7 Å². The van der Waals surface area contributed by atoms with Gasteiger partial charge in [-0.2, -0.15) is 0 Å². The second-order valence-corrected chi connectivity index (χ2v) is 6.50. The van der Waals surface area contributed by atoms with Gasteiger partial charge in [0.05, 0.1) is 48.2 Å². The summed E-state index contributed by atoms with van der Waals surface area (Å²) < 4.78 is 44.6. The zero-order valence-electron chi connectivity index (χ0n) is 18.6. The summed E-state index contributed by atoms with van der Waals surface area (Å²) in [5.74, 6) is 2.03. The van der Waals surface area contributed by atoms with Gasteiger partial charge in [-0.1, -0.05) is 0 Å². The van der Waals surface area contributed by atoms with E-state index in [0.29, 0.717) is 34.3 Å². The molecule has 1 aliphatic rings. The van der Waals surface area contributed by atoms with Crippen molar-refractivity contribution in [1.29, 1.82) is 0 Å². The van der Waals surface area contributed by atoms with Crippen molar-refractivity contribution >= 4 is 5.78 Å². The van der Waals surface area contributed by atoms with E-state index in [1.165, 1.54) is 49.8 Å². The number of methoxy groups -OCH3 is 7. The number of carbonyl (C=O) groups is 1. The molecule has 0 aliphatic carbocycles. The van der Waals surface area contributed by atoms with Crippen LogP contribution in [0.25, 0.3) is 0 Å². The molecule has 2 aromatic rings. The van der Waals surface area contributed by atoms with Gasteiger partial charge in [-0.05, 0) is 18.2 Å². The molecule has 0 amide bonds. The predicted molar refractivity (Wildman–Crippen MR) is 111 cm³/mol. The molecule has 168 valence electrons.